The van der Waals surface area contributed by atoms with Crippen molar-refractivity contribution < 1.29 is 4.79 Å². The summed E-state index contributed by atoms with van der Waals surface area (Å²) in [6.07, 6.45) is 10.5. The molecule has 2 N–H and O–H groups in total. The minimum atomic E-state index is -0.381. The van der Waals surface area contributed by atoms with Gasteiger partial charge in [0.1, 0.15) is 0 Å². The summed E-state index contributed by atoms with van der Waals surface area (Å²) in [5, 5.41) is 10.7. The Kier molecular flexibility index (Phi) is 7.39. The Morgan fingerprint density at radius 2 is 2.15 bits per heavy atom. The van der Waals surface area contributed by atoms with Gasteiger partial charge in [0, 0.05) is 34.1 Å². The number of halogens is 1. The first kappa shape index (κ1) is 20.2. The predicted octanol–water partition coefficient (Wildman–Crippen LogP) is 5.32. The molecule has 1 atom stereocenters. The van der Waals surface area contributed by atoms with Crippen molar-refractivity contribution in [3.05, 3.63) is 46.8 Å². The van der Waals surface area contributed by atoms with Crippen LogP contribution >= 0.6 is 11.6 Å². The van der Waals surface area contributed by atoms with Crippen molar-refractivity contribution in [2.45, 2.75) is 52.9 Å². The molecular weight excluding hydrogens is 348 g/mol. The molecule has 1 aliphatic carbocycles. The lowest BCUT2D eigenvalue weighted by molar-refractivity contribution is -0.118. The summed E-state index contributed by atoms with van der Waals surface area (Å²) in [4.78, 5) is 17.2. The molecule has 1 aromatic rings. The highest BCUT2D eigenvalue weighted by atomic mass is 35.5. The van der Waals surface area contributed by atoms with Crippen LogP contribution in [0, 0.1) is 5.92 Å². The van der Waals surface area contributed by atoms with Gasteiger partial charge in [-0.1, -0.05) is 30.7 Å². The second-order valence-corrected chi connectivity index (χ2v) is 6.81. The first-order valence-electron chi connectivity index (χ1n) is 9.08. The number of aliphatic imine (C=N–C) groups is 1. The number of allylic oxidation sites excluding steroid dienone is 5. The molecule has 0 bridgehead atoms. The van der Waals surface area contributed by atoms with Gasteiger partial charge in [0.15, 0.2) is 5.82 Å². The average Bonchev–Trinajstić information content (AvgIpc) is 3.40. The lowest BCUT2D eigenvalue weighted by Gasteiger charge is -2.12. The zero-order chi connectivity index (χ0) is 19.1. The molecular formula is C20H27ClN4O. The molecule has 1 heterocycles. The molecule has 140 valence electrons. The zero-order valence-electron chi connectivity index (χ0n) is 15.8. The molecule has 1 aliphatic rings. The van der Waals surface area contributed by atoms with Crippen molar-refractivity contribution in [2.75, 3.05) is 5.32 Å². The number of rotatable bonds is 8. The first-order chi connectivity index (χ1) is 12.5. The maximum absolute atomic E-state index is 12.6. The number of hydrogen-bond donors (Lipinski definition) is 2. The number of aromatic amines is 1. The van der Waals surface area contributed by atoms with E-state index < -0.39 is 0 Å². The first-order valence-corrected chi connectivity index (χ1v) is 9.46. The van der Waals surface area contributed by atoms with E-state index in [1.165, 1.54) is 12.8 Å². The van der Waals surface area contributed by atoms with Gasteiger partial charge in [-0.25, -0.2) is 0 Å². The molecule has 1 unspecified atom stereocenters. The monoisotopic (exact) mass is 374 g/mol. The minimum Gasteiger partial charge on any atom is -0.309 e. The van der Waals surface area contributed by atoms with E-state index in [-0.39, 0.29) is 11.8 Å². The lowest BCUT2D eigenvalue weighted by Crippen LogP contribution is -2.22. The van der Waals surface area contributed by atoms with E-state index in [4.69, 9.17) is 11.6 Å². The Morgan fingerprint density at radius 1 is 1.42 bits per heavy atom. The topological polar surface area (TPSA) is 70.1 Å². The van der Waals surface area contributed by atoms with Crippen molar-refractivity contribution in [1.82, 2.24) is 10.2 Å². The van der Waals surface area contributed by atoms with E-state index in [0.717, 1.165) is 23.5 Å². The highest BCUT2D eigenvalue weighted by molar-refractivity contribution is 6.31. The number of nitrogens with one attached hydrogen (secondary N) is 2. The molecule has 0 saturated heterocycles. The fourth-order valence-corrected chi connectivity index (χ4v) is 2.52. The molecule has 0 aromatic carbocycles. The average molecular weight is 375 g/mol. The quantitative estimate of drug-likeness (QED) is 0.477. The summed E-state index contributed by atoms with van der Waals surface area (Å²) in [6.45, 7) is 7.63. The van der Waals surface area contributed by atoms with Crippen molar-refractivity contribution in [3.8, 4) is 0 Å². The molecule has 2 rings (SSSR count). The number of anilines is 1. The highest BCUT2D eigenvalue weighted by Gasteiger charge is 2.26. The van der Waals surface area contributed by atoms with Crippen LogP contribution < -0.4 is 5.32 Å². The van der Waals surface area contributed by atoms with Gasteiger partial charge in [-0.05, 0) is 52.2 Å². The van der Waals surface area contributed by atoms with Crippen molar-refractivity contribution in [1.29, 1.82) is 0 Å². The number of carbonyl (C=O) groups is 1. The molecule has 0 radical (unpaired) electrons. The van der Waals surface area contributed by atoms with Crippen LogP contribution in [0.3, 0.4) is 0 Å². The second-order valence-electron chi connectivity index (χ2n) is 6.37. The zero-order valence-corrected chi connectivity index (χ0v) is 16.6. The summed E-state index contributed by atoms with van der Waals surface area (Å²) in [6, 6.07) is 1.92. The molecule has 1 amide bonds. The summed E-state index contributed by atoms with van der Waals surface area (Å²) >= 11 is 6.00. The van der Waals surface area contributed by atoms with Gasteiger partial charge in [-0.3, -0.25) is 14.9 Å². The van der Waals surface area contributed by atoms with Crippen LogP contribution in [0.4, 0.5) is 5.82 Å². The van der Waals surface area contributed by atoms with E-state index >= 15 is 0 Å². The number of carbonyl (C=O) groups excluding carboxylic acids is 1. The number of amides is 1. The SMILES string of the molecule is C\C=C(/N=C(\C=C/C(Cl)=C\C)CC)C(C)C(=O)Nc1cc(C2CC2)[nH]n1. The van der Waals surface area contributed by atoms with E-state index in [0.29, 0.717) is 16.8 Å². The smallest absolute Gasteiger partial charge is 0.234 e. The number of hydrogen-bond acceptors (Lipinski definition) is 3. The Labute approximate surface area is 160 Å². The van der Waals surface area contributed by atoms with Crippen LogP contribution in [0.2, 0.25) is 0 Å². The molecule has 1 fully saturated rings. The summed E-state index contributed by atoms with van der Waals surface area (Å²) in [5.74, 6) is 0.637. The third-order valence-corrected chi connectivity index (χ3v) is 4.69. The van der Waals surface area contributed by atoms with Crippen LogP contribution in [0.15, 0.2) is 46.1 Å². The van der Waals surface area contributed by atoms with Gasteiger partial charge in [-0.15, -0.1) is 0 Å². The molecule has 26 heavy (non-hydrogen) atoms. The van der Waals surface area contributed by atoms with Gasteiger partial charge in [0.25, 0.3) is 0 Å². The van der Waals surface area contributed by atoms with E-state index in [1.54, 1.807) is 0 Å². The maximum atomic E-state index is 12.6. The van der Waals surface area contributed by atoms with E-state index in [2.05, 4.69) is 20.5 Å². The molecule has 0 spiro atoms. The van der Waals surface area contributed by atoms with Crippen molar-refractivity contribution >= 4 is 29.0 Å². The third-order valence-electron chi connectivity index (χ3n) is 4.34. The number of H-pyrrole nitrogens is 1. The maximum Gasteiger partial charge on any atom is 0.234 e. The fraction of sp³-hybridized carbons (Fsp3) is 0.450. The van der Waals surface area contributed by atoms with Crippen molar-refractivity contribution in [2.24, 2.45) is 10.9 Å². The van der Waals surface area contributed by atoms with Crippen LogP contribution in [0.5, 0.6) is 0 Å². The van der Waals surface area contributed by atoms with E-state index in [1.807, 2.05) is 58.1 Å². The summed E-state index contributed by atoms with van der Waals surface area (Å²) in [5.41, 5.74) is 2.68. The number of aromatic nitrogens is 2. The summed E-state index contributed by atoms with van der Waals surface area (Å²) in [7, 11) is 0. The lowest BCUT2D eigenvalue weighted by atomic mass is 10.1. The fourth-order valence-electron chi connectivity index (χ4n) is 2.46. The van der Waals surface area contributed by atoms with Gasteiger partial charge in [0.05, 0.1) is 5.92 Å². The van der Waals surface area contributed by atoms with Gasteiger partial charge in [-0.2, -0.15) is 5.10 Å². The second kappa shape index (κ2) is 9.53. The van der Waals surface area contributed by atoms with Crippen LogP contribution in [-0.2, 0) is 4.79 Å². The Hall–Kier alpha value is -2.14. The molecule has 5 nitrogen and oxygen atoms in total. The van der Waals surface area contributed by atoms with Gasteiger partial charge in [0.2, 0.25) is 5.91 Å². The van der Waals surface area contributed by atoms with Crippen LogP contribution in [0.25, 0.3) is 0 Å². The predicted molar refractivity (Wildman–Crippen MR) is 109 cm³/mol. The van der Waals surface area contributed by atoms with Crippen molar-refractivity contribution in [3.63, 3.8) is 0 Å². The normalized spacial score (nSPS) is 17.7. The minimum absolute atomic E-state index is 0.124. The molecule has 6 heteroatoms. The molecule has 0 aliphatic heterocycles. The van der Waals surface area contributed by atoms with Crippen LogP contribution in [-0.4, -0.2) is 21.8 Å². The van der Waals surface area contributed by atoms with Gasteiger partial charge < -0.3 is 5.32 Å². The standard InChI is InChI=1S/C20H27ClN4O/c1-5-15(21)10-11-16(6-2)22-17(7-3)13(4)20(26)23-19-12-18(24-25-19)14-8-9-14/h5,7,10-14H,6,8-9H2,1-4H3,(H2,23,24,25,26)/b11-10-,15-5+,17-7-,22-16-. The Bertz CT molecular complexity index is 754. The van der Waals surface area contributed by atoms with Crippen LogP contribution in [0.1, 0.15) is 58.6 Å². The summed E-state index contributed by atoms with van der Waals surface area (Å²) < 4.78 is 0. The van der Waals surface area contributed by atoms with Gasteiger partial charge >= 0.3 is 0 Å². The molecule has 1 aromatic heterocycles. The van der Waals surface area contributed by atoms with E-state index in [9.17, 15) is 4.79 Å². The highest BCUT2D eigenvalue weighted by Crippen LogP contribution is 2.39. The Balaban J connectivity index is 2.05. The third kappa shape index (κ3) is 5.70. The number of nitrogens with zero attached hydrogens (tertiary/aromatic N) is 2. The molecule has 1 saturated carbocycles. The largest absolute Gasteiger partial charge is 0.309 e. The Morgan fingerprint density at radius 3 is 2.73 bits per heavy atom.